The summed E-state index contributed by atoms with van der Waals surface area (Å²) in [6.07, 6.45) is 0. The number of benzene rings is 1. The zero-order chi connectivity index (χ0) is 12.2. The van der Waals surface area contributed by atoms with Crippen LogP contribution in [0.2, 0.25) is 0 Å². The van der Waals surface area contributed by atoms with Crippen molar-refractivity contribution < 1.29 is 8.42 Å². The highest BCUT2D eigenvalue weighted by Gasteiger charge is 2.12. The van der Waals surface area contributed by atoms with Gasteiger partial charge in [-0.25, -0.2) is 13.1 Å². The monoisotopic (exact) mass is 261 g/mol. The topological polar surface area (TPSA) is 46.2 Å². The average molecular weight is 262 g/mol. The van der Waals surface area contributed by atoms with Crippen molar-refractivity contribution in [3.63, 3.8) is 0 Å². The normalized spacial score (nSPS) is 12.0. The Kier molecular flexibility index (Phi) is 4.77. The minimum absolute atomic E-state index is 0.246. The third-order valence-corrected chi connectivity index (χ3v) is 3.91. The maximum atomic E-state index is 11.7. The average Bonchev–Trinajstić information content (AvgIpc) is 2.26. The predicted molar refractivity (Wildman–Crippen MR) is 66.4 cm³/mol. The Balaban J connectivity index is 2.89. The smallest absolute Gasteiger partial charge is 0.210 e. The molecule has 0 bridgehead atoms. The van der Waals surface area contributed by atoms with E-state index in [0.717, 1.165) is 5.56 Å². The van der Waals surface area contributed by atoms with Crippen LogP contribution in [-0.4, -0.2) is 20.8 Å². The van der Waals surface area contributed by atoms with Gasteiger partial charge in [0.25, 0.3) is 0 Å². The lowest BCUT2D eigenvalue weighted by Gasteiger charge is -2.08. The molecule has 0 atom stereocenters. The fourth-order valence-electron chi connectivity index (χ4n) is 1.29. The van der Waals surface area contributed by atoms with Crippen LogP contribution in [0.3, 0.4) is 0 Å². The molecule has 1 aromatic carbocycles. The van der Waals surface area contributed by atoms with Gasteiger partial charge in [-0.05, 0) is 23.6 Å². The van der Waals surface area contributed by atoms with Crippen LogP contribution in [0.25, 0.3) is 0 Å². The van der Waals surface area contributed by atoms with Gasteiger partial charge in [0.2, 0.25) is 10.0 Å². The van der Waals surface area contributed by atoms with Gasteiger partial charge in [0.05, 0.1) is 4.90 Å². The van der Waals surface area contributed by atoms with Gasteiger partial charge in [-0.1, -0.05) is 26.0 Å². The first-order valence-electron chi connectivity index (χ1n) is 5.13. The third kappa shape index (κ3) is 3.47. The van der Waals surface area contributed by atoms with Crippen molar-refractivity contribution in [2.75, 3.05) is 12.4 Å². The molecule has 0 aliphatic rings. The summed E-state index contributed by atoms with van der Waals surface area (Å²) in [6, 6.07) is 6.90. The molecule has 0 unspecified atom stereocenters. The predicted octanol–water partition coefficient (Wildman–Crippen LogP) is 2.33. The first-order chi connectivity index (χ1) is 7.47. The van der Waals surface area contributed by atoms with Crippen LogP contribution in [0.1, 0.15) is 25.3 Å². The van der Waals surface area contributed by atoms with Gasteiger partial charge >= 0.3 is 0 Å². The van der Waals surface area contributed by atoms with Crippen LogP contribution in [0.5, 0.6) is 0 Å². The minimum Gasteiger partial charge on any atom is -0.210 e. The number of hydrogen-bond acceptors (Lipinski definition) is 2. The Bertz CT molecular complexity index is 426. The molecule has 90 valence electrons. The maximum Gasteiger partial charge on any atom is 0.240 e. The molecule has 3 nitrogen and oxygen atoms in total. The van der Waals surface area contributed by atoms with E-state index in [-0.39, 0.29) is 17.3 Å². The first-order valence-corrected chi connectivity index (χ1v) is 7.14. The van der Waals surface area contributed by atoms with Crippen LogP contribution in [0.4, 0.5) is 0 Å². The van der Waals surface area contributed by atoms with Gasteiger partial charge in [-0.3, -0.25) is 0 Å². The Labute approximate surface area is 102 Å². The fourth-order valence-corrected chi connectivity index (χ4v) is 2.53. The van der Waals surface area contributed by atoms with Gasteiger partial charge in [-0.15, -0.1) is 11.6 Å². The van der Waals surface area contributed by atoms with E-state index in [1.165, 1.54) is 0 Å². The number of rotatable bonds is 5. The summed E-state index contributed by atoms with van der Waals surface area (Å²) in [5.74, 6) is 0.663. The van der Waals surface area contributed by atoms with Gasteiger partial charge in [0.1, 0.15) is 0 Å². The summed E-state index contributed by atoms with van der Waals surface area (Å²) < 4.78 is 25.8. The molecule has 0 fully saturated rings. The molecular formula is C11H16ClNO2S. The van der Waals surface area contributed by atoms with Crippen LogP contribution < -0.4 is 4.72 Å². The number of sulfonamides is 1. The second-order valence-electron chi connectivity index (χ2n) is 3.81. The Morgan fingerprint density at radius 3 is 2.25 bits per heavy atom. The molecule has 0 saturated heterocycles. The Morgan fingerprint density at radius 1 is 1.25 bits per heavy atom. The highest BCUT2D eigenvalue weighted by Crippen LogP contribution is 2.16. The van der Waals surface area contributed by atoms with Crippen molar-refractivity contribution in [1.29, 1.82) is 0 Å². The first kappa shape index (κ1) is 13.5. The van der Waals surface area contributed by atoms with E-state index < -0.39 is 10.0 Å². The van der Waals surface area contributed by atoms with Crippen LogP contribution in [0, 0.1) is 0 Å². The summed E-state index contributed by atoms with van der Waals surface area (Å²) in [5, 5.41) is 0. The van der Waals surface area contributed by atoms with Crippen LogP contribution in [0.15, 0.2) is 29.2 Å². The second-order valence-corrected chi connectivity index (χ2v) is 5.96. The lowest BCUT2D eigenvalue weighted by atomic mass is 10.0. The standard InChI is InChI=1S/C11H16ClNO2S/c1-9(2)10-3-5-11(6-4-10)16(14,15)13-8-7-12/h3-6,9,13H,7-8H2,1-2H3. The Morgan fingerprint density at radius 2 is 1.81 bits per heavy atom. The van der Waals surface area contributed by atoms with Crippen molar-refractivity contribution >= 4 is 21.6 Å². The second kappa shape index (κ2) is 5.66. The molecule has 1 aromatic rings. The lowest BCUT2D eigenvalue weighted by Crippen LogP contribution is -2.25. The van der Waals surface area contributed by atoms with E-state index in [1.807, 2.05) is 12.1 Å². The zero-order valence-electron chi connectivity index (χ0n) is 9.40. The molecule has 0 heterocycles. The quantitative estimate of drug-likeness (QED) is 0.827. The fraction of sp³-hybridized carbons (Fsp3) is 0.455. The number of halogens is 1. The van der Waals surface area contributed by atoms with Crippen molar-refractivity contribution in [3.8, 4) is 0 Å². The van der Waals surface area contributed by atoms with E-state index in [4.69, 9.17) is 11.6 Å². The van der Waals surface area contributed by atoms with Crippen LogP contribution in [-0.2, 0) is 10.0 Å². The van der Waals surface area contributed by atoms with Gasteiger partial charge in [-0.2, -0.15) is 0 Å². The molecule has 0 amide bonds. The highest BCUT2D eigenvalue weighted by molar-refractivity contribution is 7.89. The summed E-state index contributed by atoms with van der Waals surface area (Å²) in [7, 11) is -3.40. The van der Waals surface area contributed by atoms with E-state index in [2.05, 4.69) is 18.6 Å². The molecule has 16 heavy (non-hydrogen) atoms. The molecule has 5 heteroatoms. The summed E-state index contributed by atoms with van der Waals surface area (Å²) in [6.45, 7) is 4.38. The SMILES string of the molecule is CC(C)c1ccc(S(=O)(=O)NCCCl)cc1. The van der Waals surface area contributed by atoms with Gasteiger partial charge in [0.15, 0.2) is 0 Å². The molecule has 0 saturated carbocycles. The molecule has 1 N–H and O–H groups in total. The van der Waals surface area contributed by atoms with E-state index in [1.54, 1.807) is 12.1 Å². The molecule has 1 rings (SSSR count). The molecule has 0 radical (unpaired) electrons. The van der Waals surface area contributed by atoms with Gasteiger partial charge in [0, 0.05) is 12.4 Å². The Hall–Kier alpha value is -0.580. The summed E-state index contributed by atoms with van der Waals surface area (Å²) in [5.41, 5.74) is 1.12. The minimum atomic E-state index is -3.40. The van der Waals surface area contributed by atoms with E-state index in [9.17, 15) is 8.42 Å². The highest BCUT2D eigenvalue weighted by atomic mass is 35.5. The molecule has 0 aliphatic heterocycles. The summed E-state index contributed by atoms with van der Waals surface area (Å²) in [4.78, 5) is 0.280. The molecule has 0 aliphatic carbocycles. The largest absolute Gasteiger partial charge is 0.240 e. The van der Waals surface area contributed by atoms with E-state index >= 15 is 0 Å². The molecule has 0 aromatic heterocycles. The number of alkyl halides is 1. The molecular weight excluding hydrogens is 246 g/mol. The third-order valence-electron chi connectivity index (χ3n) is 2.24. The summed E-state index contributed by atoms with van der Waals surface area (Å²) >= 11 is 5.43. The van der Waals surface area contributed by atoms with Crippen molar-refractivity contribution in [1.82, 2.24) is 4.72 Å². The number of hydrogen-bond donors (Lipinski definition) is 1. The molecule has 0 spiro atoms. The zero-order valence-corrected chi connectivity index (χ0v) is 11.0. The van der Waals surface area contributed by atoms with Crippen molar-refractivity contribution in [2.24, 2.45) is 0 Å². The lowest BCUT2D eigenvalue weighted by molar-refractivity contribution is 0.584. The van der Waals surface area contributed by atoms with Crippen molar-refractivity contribution in [3.05, 3.63) is 29.8 Å². The van der Waals surface area contributed by atoms with Crippen molar-refractivity contribution in [2.45, 2.75) is 24.7 Å². The van der Waals surface area contributed by atoms with E-state index in [0.29, 0.717) is 5.92 Å². The number of nitrogens with one attached hydrogen (secondary N) is 1. The maximum absolute atomic E-state index is 11.7. The van der Waals surface area contributed by atoms with Gasteiger partial charge < -0.3 is 0 Å². The van der Waals surface area contributed by atoms with Crippen LogP contribution >= 0.6 is 11.6 Å².